The lowest BCUT2D eigenvalue weighted by atomic mass is 9.98. The Bertz CT molecular complexity index is 1170. The number of allylic oxidation sites excluding steroid dienone is 4. The van der Waals surface area contributed by atoms with Crippen molar-refractivity contribution in [2.75, 3.05) is 13.2 Å². The highest BCUT2D eigenvalue weighted by Gasteiger charge is 2.44. The summed E-state index contributed by atoms with van der Waals surface area (Å²) in [7, 11) is 0. The summed E-state index contributed by atoms with van der Waals surface area (Å²) in [6, 6.07) is -1.19. The van der Waals surface area contributed by atoms with Gasteiger partial charge in [-0.15, -0.1) is 0 Å². The normalized spacial score (nSPS) is 20.5. The van der Waals surface area contributed by atoms with E-state index in [1.807, 2.05) is 0 Å². The van der Waals surface area contributed by atoms with Crippen LogP contribution in [-0.4, -0.2) is 110 Å². The van der Waals surface area contributed by atoms with E-state index >= 15 is 0 Å². The molecule has 1 heterocycles. The van der Waals surface area contributed by atoms with Gasteiger partial charge < -0.3 is 50.5 Å². The van der Waals surface area contributed by atoms with Crippen molar-refractivity contribution >= 4 is 5.91 Å². The quantitative estimate of drug-likeness (QED) is 0.0215. The molecule has 1 amide bonds. The van der Waals surface area contributed by atoms with Gasteiger partial charge in [0.2, 0.25) is 5.91 Å². The molecule has 0 saturated carbocycles. The third kappa shape index (κ3) is 36.2. The van der Waals surface area contributed by atoms with E-state index < -0.39 is 74.2 Å². The van der Waals surface area contributed by atoms with Crippen molar-refractivity contribution in [1.29, 1.82) is 0 Å². The van der Waals surface area contributed by atoms with Crippen molar-refractivity contribution in [2.24, 2.45) is 0 Å². The van der Waals surface area contributed by atoms with Crippen molar-refractivity contribution in [3.63, 3.8) is 0 Å². The van der Waals surface area contributed by atoms with Gasteiger partial charge in [0.1, 0.15) is 36.6 Å². The van der Waals surface area contributed by atoms with Crippen LogP contribution in [0.3, 0.4) is 0 Å². The lowest BCUT2D eigenvalue weighted by molar-refractivity contribution is -0.303. The SMILES string of the molecule is CCCCCCCCCCCC/C=C\CCCCCCCCC(O)C(=O)NC(COC1OC(CO)C(O)C(O)C1O)C(O)C(O)CCC/C=C/CCCCCCCCCCCCCCCCCCC. The minimum absolute atomic E-state index is 0.248. The van der Waals surface area contributed by atoms with Gasteiger partial charge in [0.25, 0.3) is 0 Å². The molecular formula is C58H111NO10. The van der Waals surface area contributed by atoms with Crippen LogP contribution in [0.15, 0.2) is 24.3 Å². The molecule has 0 aromatic heterocycles. The fourth-order valence-electron chi connectivity index (χ4n) is 9.44. The number of aliphatic hydroxyl groups excluding tert-OH is 7. The van der Waals surface area contributed by atoms with Gasteiger partial charge in [0.15, 0.2) is 6.29 Å². The highest BCUT2D eigenvalue weighted by Crippen LogP contribution is 2.23. The van der Waals surface area contributed by atoms with Gasteiger partial charge in [-0.25, -0.2) is 0 Å². The Labute approximate surface area is 423 Å². The first-order valence-electron chi connectivity index (χ1n) is 29.2. The van der Waals surface area contributed by atoms with Crippen LogP contribution in [0, 0.1) is 0 Å². The van der Waals surface area contributed by atoms with Crippen molar-refractivity contribution in [1.82, 2.24) is 5.32 Å². The molecule has 408 valence electrons. The van der Waals surface area contributed by atoms with E-state index in [1.165, 1.54) is 173 Å². The van der Waals surface area contributed by atoms with Crippen molar-refractivity contribution in [3.05, 3.63) is 24.3 Å². The molecule has 0 aromatic rings. The summed E-state index contributed by atoms with van der Waals surface area (Å²) in [4.78, 5) is 13.2. The molecule has 0 spiro atoms. The fourth-order valence-corrected chi connectivity index (χ4v) is 9.44. The second-order valence-electron chi connectivity index (χ2n) is 20.7. The molecular weight excluding hydrogens is 871 g/mol. The average Bonchev–Trinajstić information content (AvgIpc) is 3.35. The highest BCUT2D eigenvalue weighted by molar-refractivity contribution is 5.80. The van der Waals surface area contributed by atoms with E-state index in [2.05, 4.69) is 43.5 Å². The van der Waals surface area contributed by atoms with Gasteiger partial charge >= 0.3 is 0 Å². The second kappa shape index (κ2) is 47.6. The maximum absolute atomic E-state index is 13.2. The molecule has 0 aromatic carbocycles. The first kappa shape index (κ1) is 65.6. The third-order valence-electron chi connectivity index (χ3n) is 14.2. The molecule has 11 nitrogen and oxygen atoms in total. The molecule has 9 atom stereocenters. The fraction of sp³-hybridized carbons (Fsp3) is 0.914. The highest BCUT2D eigenvalue weighted by atomic mass is 16.7. The summed E-state index contributed by atoms with van der Waals surface area (Å²) in [5, 5.41) is 76.1. The maximum atomic E-state index is 13.2. The summed E-state index contributed by atoms with van der Waals surface area (Å²) in [5.74, 6) is -0.708. The van der Waals surface area contributed by atoms with E-state index in [1.54, 1.807) is 0 Å². The van der Waals surface area contributed by atoms with Gasteiger partial charge in [-0.05, 0) is 64.2 Å². The van der Waals surface area contributed by atoms with Gasteiger partial charge in [-0.1, -0.05) is 231 Å². The summed E-state index contributed by atoms with van der Waals surface area (Å²) in [5.41, 5.74) is 0. The average molecular weight is 983 g/mol. The van der Waals surface area contributed by atoms with E-state index in [4.69, 9.17) is 9.47 Å². The number of rotatable bonds is 50. The molecule has 0 bridgehead atoms. The number of aliphatic hydroxyl groups is 7. The van der Waals surface area contributed by atoms with Crippen molar-refractivity contribution in [2.45, 2.75) is 326 Å². The van der Waals surface area contributed by atoms with Gasteiger partial charge in [0.05, 0.1) is 25.4 Å². The summed E-state index contributed by atoms with van der Waals surface area (Å²) in [6.45, 7) is 3.47. The molecule has 0 aliphatic carbocycles. The van der Waals surface area contributed by atoms with Crippen LogP contribution in [0.25, 0.3) is 0 Å². The molecule has 69 heavy (non-hydrogen) atoms. The summed E-state index contributed by atoms with van der Waals surface area (Å²) in [6.07, 6.45) is 45.2. The lowest BCUT2D eigenvalue weighted by Gasteiger charge is -2.40. The monoisotopic (exact) mass is 982 g/mol. The van der Waals surface area contributed by atoms with Crippen LogP contribution in [0.4, 0.5) is 0 Å². The van der Waals surface area contributed by atoms with Gasteiger partial charge in [-0.3, -0.25) is 4.79 Å². The van der Waals surface area contributed by atoms with E-state index in [0.717, 1.165) is 57.8 Å². The first-order chi connectivity index (χ1) is 33.7. The number of ether oxygens (including phenoxy) is 2. The van der Waals surface area contributed by atoms with E-state index in [0.29, 0.717) is 12.8 Å². The standard InChI is InChI=1S/C58H111NO10/c1-3-5-7-9-11-13-15-17-19-21-23-25-26-28-29-31-33-35-37-39-41-43-45-50(61)53(63)49(48-68-58-56(66)55(65)54(64)52(47-60)69-58)59-57(67)51(62)46-44-42-40-38-36-34-32-30-27-24-22-20-18-16-14-12-10-8-6-4-2/h27,30,37,39,49-56,58,60-66H,3-26,28-29,31-36,38,40-48H2,1-2H3,(H,59,67)/b30-27-,39-37+. The number of amides is 1. The molecule has 1 aliphatic rings. The summed E-state index contributed by atoms with van der Waals surface area (Å²) < 4.78 is 11.1. The van der Waals surface area contributed by atoms with E-state index in [-0.39, 0.29) is 12.8 Å². The molecule has 1 aliphatic heterocycles. The lowest BCUT2D eigenvalue weighted by Crippen LogP contribution is -2.60. The number of unbranched alkanes of at least 4 members (excludes halogenated alkanes) is 34. The predicted octanol–water partition coefficient (Wildman–Crippen LogP) is 12.1. The zero-order valence-corrected chi connectivity index (χ0v) is 44.6. The third-order valence-corrected chi connectivity index (χ3v) is 14.2. The van der Waals surface area contributed by atoms with Crippen LogP contribution >= 0.6 is 0 Å². The second-order valence-corrected chi connectivity index (χ2v) is 20.7. The Morgan fingerprint density at radius 1 is 0.493 bits per heavy atom. The maximum Gasteiger partial charge on any atom is 0.249 e. The number of hydrogen-bond acceptors (Lipinski definition) is 10. The first-order valence-corrected chi connectivity index (χ1v) is 29.2. The Kier molecular flexibility index (Phi) is 45.2. The van der Waals surface area contributed by atoms with Crippen molar-refractivity contribution in [3.8, 4) is 0 Å². The summed E-state index contributed by atoms with van der Waals surface area (Å²) >= 11 is 0. The Hall–Kier alpha value is -1.41. The van der Waals surface area contributed by atoms with Crippen LogP contribution in [-0.2, 0) is 14.3 Å². The van der Waals surface area contributed by atoms with E-state index in [9.17, 15) is 40.5 Å². The number of hydrogen-bond donors (Lipinski definition) is 8. The molecule has 8 N–H and O–H groups in total. The van der Waals surface area contributed by atoms with Crippen LogP contribution < -0.4 is 5.32 Å². The predicted molar refractivity (Wildman–Crippen MR) is 284 cm³/mol. The smallest absolute Gasteiger partial charge is 0.249 e. The Morgan fingerprint density at radius 2 is 0.855 bits per heavy atom. The Balaban J connectivity index is 2.34. The largest absolute Gasteiger partial charge is 0.394 e. The zero-order valence-electron chi connectivity index (χ0n) is 44.6. The zero-order chi connectivity index (χ0) is 50.4. The molecule has 11 heteroatoms. The van der Waals surface area contributed by atoms with Crippen molar-refractivity contribution < 1.29 is 50.0 Å². The molecule has 1 fully saturated rings. The molecule has 1 saturated heterocycles. The number of carbonyl (C=O) groups is 1. The molecule has 0 radical (unpaired) electrons. The number of carbonyl (C=O) groups excluding carboxylic acids is 1. The van der Waals surface area contributed by atoms with Gasteiger partial charge in [0, 0.05) is 0 Å². The topological polar surface area (TPSA) is 189 Å². The Morgan fingerprint density at radius 3 is 1.25 bits per heavy atom. The van der Waals surface area contributed by atoms with Crippen LogP contribution in [0.5, 0.6) is 0 Å². The van der Waals surface area contributed by atoms with Gasteiger partial charge in [-0.2, -0.15) is 0 Å². The molecule has 1 rings (SSSR count). The number of nitrogens with one attached hydrogen (secondary N) is 1. The van der Waals surface area contributed by atoms with Crippen LogP contribution in [0.1, 0.15) is 271 Å². The molecule has 9 unspecified atom stereocenters. The van der Waals surface area contributed by atoms with Crippen LogP contribution in [0.2, 0.25) is 0 Å². The minimum Gasteiger partial charge on any atom is -0.394 e. The minimum atomic E-state index is -1.67.